The molecule has 29 heavy (non-hydrogen) atoms. The molecule has 1 amide bonds. The minimum atomic E-state index is -0.913. The molecule has 0 radical (unpaired) electrons. The van der Waals surface area contributed by atoms with Crippen LogP contribution in [0.4, 0.5) is 0 Å². The first-order chi connectivity index (χ1) is 13.7. The van der Waals surface area contributed by atoms with Crippen molar-refractivity contribution >= 4 is 33.4 Å². The molecule has 1 N–H and O–H groups in total. The number of hydrogen-bond acceptors (Lipinski definition) is 6. The fraction of sp³-hybridized carbons (Fsp3) is 0.619. The van der Waals surface area contributed by atoms with Crippen molar-refractivity contribution in [1.29, 1.82) is 0 Å². The van der Waals surface area contributed by atoms with Crippen LogP contribution in [-0.4, -0.2) is 33.6 Å². The van der Waals surface area contributed by atoms with Crippen molar-refractivity contribution in [1.82, 2.24) is 14.9 Å². The molecule has 1 aliphatic carbocycles. The van der Waals surface area contributed by atoms with Crippen LogP contribution in [0.5, 0.6) is 0 Å². The van der Waals surface area contributed by atoms with E-state index in [0.717, 1.165) is 23.3 Å². The Labute approximate surface area is 174 Å². The van der Waals surface area contributed by atoms with Crippen molar-refractivity contribution in [2.75, 3.05) is 0 Å². The Bertz CT molecular complexity index is 980. The Morgan fingerprint density at radius 2 is 2.07 bits per heavy atom. The molecule has 2 heterocycles. The molecule has 0 saturated heterocycles. The number of nitrogens with zero attached hydrogens (tertiary/aromatic N) is 2. The van der Waals surface area contributed by atoms with E-state index in [9.17, 15) is 14.4 Å². The SMILES string of the molecule is Cc1sc2ncn(CC(=O)O[C@@H](C)C(=O)N[C@@H]3CCC[C@H](C)[C@@H]3C)c(=O)c2c1C. The number of ether oxygens (including phenoxy) is 1. The van der Waals surface area contributed by atoms with Crippen molar-refractivity contribution in [3.63, 3.8) is 0 Å². The molecule has 1 saturated carbocycles. The van der Waals surface area contributed by atoms with Gasteiger partial charge in [-0.05, 0) is 44.6 Å². The molecule has 0 bridgehead atoms. The van der Waals surface area contributed by atoms with Crippen molar-refractivity contribution in [3.8, 4) is 0 Å². The van der Waals surface area contributed by atoms with Gasteiger partial charge in [0.25, 0.3) is 11.5 Å². The van der Waals surface area contributed by atoms with Crippen molar-refractivity contribution in [2.45, 2.75) is 72.6 Å². The third-order valence-corrected chi connectivity index (χ3v) is 7.28. The molecule has 158 valence electrons. The van der Waals surface area contributed by atoms with E-state index in [0.29, 0.717) is 22.1 Å². The second-order valence-electron chi connectivity index (χ2n) is 8.16. The zero-order valence-electron chi connectivity index (χ0n) is 17.7. The molecule has 1 aliphatic rings. The second kappa shape index (κ2) is 8.65. The van der Waals surface area contributed by atoms with Crippen LogP contribution in [0.3, 0.4) is 0 Å². The first-order valence-electron chi connectivity index (χ1n) is 10.1. The normalized spacial score (nSPS) is 23.0. The lowest BCUT2D eigenvalue weighted by atomic mass is 9.78. The second-order valence-corrected chi connectivity index (χ2v) is 9.36. The maximum absolute atomic E-state index is 12.7. The highest BCUT2D eigenvalue weighted by Gasteiger charge is 2.30. The van der Waals surface area contributed by atoms with Gasteiger partial charge in [-0.2, -0.15) is 0 Å². The van der Waals surface area contributed by atoms with E-state index in [2.05, 4.69) is 24.1 Å². The van der Waals surface area contributed by atoms with Crippen LogP contribution in [0.25, 0.3) is 10.2 Å². The summed E-state index contributed by atoms with van der Waals surface area (Å²) >= 11 is 1.46. The van der Waals surface area contributed by atoms with Crippen LogP contribution in [-0.2, 0) is 20.9 Å². The number of aromatic nitrogens is 2. The number of esters is 1. The minimum absolute atomic E-state index is 0.103. The van der Waals surface area contributed by atoms with Crippen LogP contribution in [0, 0.1) is 25.7 Å². The van der Waals surface area contributed by atoms with E-state index in [1.165, 1.54) is 28.7 Å². The first-order valence-corrected chi connectivity index (χ1v) is 11.0. The summed E-state index contributed by atoms with van der Waals surface area (Å²) in [7, 11) is 0. The molecule has 1 fully saturated rings. The van der Waals surface area contributed by atoms with Crippen molar-refractivity contribution in [2.24, 2.45) is 11.8 Å². The Morgan fingerprint density at radius 3 is 2.79 bits per heavy atom. The van der Waals surface area contributed by atoms with E-state index in [-0.39, 0.29) is 24.1 Å². The lowest BCUT2D eigenvalue weighted by Crippen LogP contribution is -2.47. The maximum Gasteiger partial charge on any atom is 0.326 e. The van der Waals surface area contributed by atoms with Crippen LogP contribution >= 0.6 is 11.3 Å². The van der Waals surface area contributed by atoms with Gasteiger partial charge in [-0.1, -0.05) is 26.7 Å². The Morgan fingerprint density at radius 1 is 1.34 bits per heavy atom. The molecular weight excluding hydrogens is 390 g/mol. The maximum atomic E-state index is 12.7. The number of thiophene rings is 1. The molecule has 0 aromatic carbocycles. The quantitative estimate of drug-likeness (QED) is 0.753. The van der Waals surface area contributed by atoms with E-state index in [1.54, 1.807) is 6.92 Å². The summed E-state index contributed by atoms with van der Waals surface area (Å²) in [5, 5.41) is 3.55. The monoisotopic (exact) mass is 419 g/mol. The number of fused-ring (bicyclic) bond motifs is 1. The zero-order chi connectivity index (χ0) is 21.3. The molecule has 2 aromatic heterocycles. The fourth-order valence-corrected chi connectivity index (χ4v) is 4.88. The summed E-state index contributed by atoms with van der Waals surface area (Å²) < 4.78 is 6.52. The highest BCUT2D eigenvalue weighted by molar-refractivity contribution is 7.18. The van der Waals surface area contributed by atoms with Gasteiger partial charge in [0, 0.05) is 10.9 Å². The molecule has 8 heteroatoms. The molecule has 0 spiro atoms. The highest BCUT2D eigenvalue weighted by atomic mass is 32.1. The number of nitrogens with one attached hydrogen (secondary N) is 1. The molecule has 4 atom stereocenters. The smallest absolute Gasteiger partial charge is 0.326 e. The van der Waals surface area contributed by atoms with E-state index in [4.69, 9.17) is 4.74 Å². The lowest BCUT2D eigenvalue weighted by molar-refractivity contribution is -0.155. The third kappa shape index (κ3) is 4.52. The minimum Gasteiger partial charge on any atom is -0.451 e. The number of carbonyl (C=O) groups excluding carboxylic acids is 2. The third-order valence-electron chi connectivity index (χ3n) is 6.17. The van der Waals surface area contributed by atoms with Gasteiger partial charge in [-0.15, -0.1) is 11.3 Å². The fourth-order valence-electron chi connectivity index (χ4n) is 3.90. The summed E-state index contributed by atoms with van der Waals surface area (Å²) in [5.74, 6) is 0.0229. The lowest BCUT2D eigenvalue weighted by Gasteiger charge is -2.35. The number of aryl methyl sites for hydroxylation is 2. The van der Waals surface area contributed by atoms with E-state index < -0.39 is 12.1 Å². The Hall–Kier alpha value is -2.22. The average molecular weight is 420 g/mol. The predicted octanol–water partition coefficient (Wildman–Crippen LogP) is 2.95. The van der Waals surface area contributed by atoms with Gasteiger partial charge >= 0.3 is 5.97 Å². The van der Waals surface area contributed by atoms with Gasteiger partial charge in [-0.25, -0.2) is 4.98 Å². The Kier molecular flexibility index (Phi) is 6.41. The van der Waals surface area contributed by atoms with Crippen LogP contribution < -0.4 is 10.9 Å². The summed E-state index contributed by atoms with van der Waals surface area (Å²) in [6.45, 7) is 9.44. The van der Waals surface area contributed by atoms with Crippen LogP contribution in [0.1, 0.15) is 50.5 Å². The highest BCUT2D eigenvalue weighted by Crippen LogP contribution is 2.29. The van der Waals surface area contributed by atoms with Gasteiger partial charge in [0.05, 0.1) is 11.7 Å². The van der Waals surface area contributed by atoms with Gasteiger partial charge < -0.3 is 10.1 Å². The van der Waals surface area contributed by atoms with E-state index in [1.807, 2.05) is 13.8 Å². The molecule has 2 aromatic rings. The zero-order valence-corrected chi connectivity index (χ0v) is 18.5. The summed E-state index contributed by atoms with van der Waals surface area (Å²) in [4.78, 5) is 43.5. The van der Waals surface area contributed by atoms with Gasteiger partial charge in [-0.3, -0.25) is 19.0 Å². The number of rotatable bonds is 5. The first kappa shape index (κ1) is 21.5. The summed E-state index contributed by atoms with van der Waals surface area (Å²) in [6.07, 6.45) is 3.65. The molecular formula is C21H29N3O4S. The molecule has 0 aliphatic heterocycles. The predicted molar refractivity (Wildman–Crippen MR) is 113 cm³/mol. The Balaban J connectivity index is 1.62. The van der Waals surface area contributed by atoms with Crippen molar-refractivity contribution < 1.29 is 14.3 Å². The van der Waals surface area contributed by atoms with Gasteiger partial charge in [0.2, 0.25) is 0 Å². The average Bonchev–Trinajstić information content (AvgIpc) is 2.96. The summed E-state index contributed by atoms with van der Waals surface area (Å²) in [6, 6.07) is 0.103. The number of hydrogen-bond donors (Lipinski definition) is 1. The van der Waals surface area contributed by atoms with Crippen molar-refractivity contribution in [3.05, 3.63) is 27.1 Å². The molecule has 7 nitrogen and oxygen atoms in total. The van der Waals surface area contributed by atoms with Crippen LogP contribution in [0.2, 0.25) is 0 Å². The number of amides is 1. The topological polar surface area (TPSA) is 90.3 Å². The van der Waals surface area contributed by atoms with Gasteiger partial charge in [0.1, 0.15) is 11.4 Å². The molecule has 0 unspecified atom stereocenters. The largest absolute Gasteiger partial charge is 0.451 e. The van der Waals surface area contributed by atoms with E-state index >= 15 is 0 Å². The number of carbonyl (C=O) groups is 2. The summed E-state index contributed by atoms with van der Waals surface area (Å²) in [5.41, 5.74) is 0.615. The molecule has 3 rings (SSSR count). The van der Waals surface area contributed by atoms with Gasteiger partial charge in [0.15, 0.2) is 6.10 Å². The van der Waals surface area contributed by atoms with Crippen LogP contribution in [0.15, 0.2) is 11.1 Å². The standard InChI is InChI=1S/C21H29N3O4S/c1-11-7-6-8-16(12(11)2)23-19(26)14(4)28-17(25)9-24-10-22-20-18(21(24)27)13(3)15(5)29-20/h10-12,14,16H,6-9H2,1-5H3,(H,23,26)/t11-,12-,14-,16+/m0/s1.